The number of amides is 5. The number of fused-ring (bicyclic) bond motifs is 1. The third kappa shape index (κ3) is 7.51. The summed E-state index contributed by atoms with van der Waals surface area (Å²) in [7, 11) is -3.90. The van der Waals surface area contributed by atoms with Crippen molar-refractivity contribution < 1.29 is 37.1 Å². The number of carbonyl (C=O) groups excluding carboxylic acids is 5. The highest BCUT2D eigenvalue weighted by atomic mass is 32.2. The molecule has 4 N–H and O–H groups in total. The van der Waals surface area contributed by atoms with Crippen molar-refractivity contribution in [2.45, 2.75) is 101 Å². The largest absolute Gasteiger partial charge is 0.414 e. The molecule has 5 atom stereocenters. The number of carbonyl (C=O) groups is 5. The Balaban J connectivity index is 1.21. The molecule has 15 heteroatoms. The lowest BCUT2D eigenvalue weighted by molar-refractivity contribution is -0.144. The van der Waals surface area contributed by atoms with E-state index < -0.39 is 74.1 Å². The quantitative estimate of drug-likeness (QED) is 0.251. The summed E-state index contributed by atoms with van der Waals surface area (Å²) < 4.78 is 32.9. The average Bonchev–Trinajstić information content (AvgIpc) is 3.96. The van der Waals surface area contributed by atoms with Crippen molar-refractivity contribution in [1.29, 1.82) is 0 Å². The Morgan fingerprint density at radius 2 is 1.84 bits per heavy atom. The van der Waals surface area contributed by atoms with Gasteiger partial charge in [0.05, 0.1) is 17.8 Å². The fraction of sp³-hybridized carbons (Fsp3) is 0.588. The molecule has 264 valence electrons. The first-order chi connectivity index (χ1) is 23.1. The van der Waals surface area contributed by atoms with Crippen LogP contribution in [0.3, 0.4) is 0 Å². The summed E-state index contributed by atoms with van der Waals surface area (Å²) in [6.07, 6.45) is 3.90. The van der Waals surface area contributed by atoms with E-state index in [4.69, 9.17) is 4.74 Å². The summed E-state index contributed by atoms with van der Waals surface area (Å²) in [5.41, 5.74) is -0.687. The van der Waals surface area contributed by atoms with Crippen molar-refractivity contribution in [3.05, 3.63) is 48.0 Å². The van der Waals surface area contributed by atoms with Crippen LogP contribution in [0.5, 0.6) is 0 Å². The molecule has 0 bridgehead atoms. The fourth-order valence-corrected chi connectivity index (χ4v) is 7.91. The van der Waals surface area contributed by atoms with Crippen molar-refractivity contribution in [3.63, 3.8) is 0 Å². The lowest BCUT2D eigenvalue weighted by atomic mass is 9.85. The number of rotatable bonds is 11. The summed E-state index contributed by atoms with van der Waals surface area (Å²) in [6, 6.07) is 4.47. The molecule has 1 aromatic carbocycles. The zero-order valence-electron chi connectivity index (χ0n) is 28.0. The molecule has 5 aliphatic rings. The second kappa shape index (κ2) is 12.9. The Morgan fingerprint density at radius 3 is 2.47 bits per heavy atom. The molecule has 49 heavy (non-hydrogen) atoms. The lowest BCUT2D eigenvalue weighted by Crippen LogP contribution is -2.60. The predicted octanol–water partition coefficient (Wildman–Crippen LogP) is 1.64. The minimum absolute atomic E-state index is 0.0283. The predicted molar refractivity (Wildman–Crippen MR) is 178 cm³/mol. The maximum absolute atomic E-state index is 14.3. The van der Waals surface area contributed by atoms with Gasteiger partial charge in [0.1, 0.15) is 17.6 Å². The Hall–Kier alpha value is -4.27. The Labute approximate surface area is 285 Å². The van der Waals surface area contributed by atoms with Crippen molar-refractivity contribution in [2.75, 3.05) is 6.54 Å². The highest BCUT2D eigenvalue weighted by Crippen LogP contribution is 2.45. The Kier molecular flexibility index (Phi) is 9.09. The maximum atomic E-state index is 14.3. The summed E-state index contributed by atoms with van der Waals surface area (Å²) >= 11 is 0. The van der Waals surface area contributed by atoms with Crippen molar-refractivity contribution in [3.8, 4) is 0 Å². The van der Waals surface area contributed by atoms with E-state index in [1.165, 1.54) is 11.0 Å². The highest BCUT2D eigenvalue weighted by molar-refractivity contribution is 7.91. The molecular formula is C34H44N6O8S. The van der Waals surface area contributed by atoms with Crippen molar-refractivity contribution >= 4 is 45.6 Å². The van der Waals surface area contributed by atoms with Crippen molar-refractivity contribution in [2.24, 2.45) is 22.2 Å². The zero-order chi connectivity index (χ0) is 35.3. The number of alkyl carbamates (subject to hydrolysis) is 1. The molecule has 2 unspecified atom stereocenters. The van der Waals surface area contributed by atoms with Gasteiger partial charge in [-0.05, 0) is 61.5 Å². The van der Waals surface area contributed by atoms with E-state index in [2.05, 4.69) is 32.2 Å². The monoisotopic (exact) mass is 696 g/mol. The van der Waals surface area contributed by atoms with Crippen LogP contribution in [0.1, 0.15) is 76.8 Å². The fourth-order valence-electron chi connectivity index (χ4n) is 6.55. The topological polar surface area (TPSA) is 192 Å². The number of hydrogen-bond acceptors (Lipinski definition) is 9. The number of ether oxygens (including phenoxy) is 1. The number of nitrogens with one attached hydrogen (secondary N) is 4. The number of benzene rings is 1. The van der Waals surface area contributed by atoms with Crippen LogP contribution < -0.4 is 20.7 Å². The van der Waals surface area contributed by atoms with Gasteiger partial charge < -0.3 is 25.6 Å². The van der Waals surface area contributed by atoms with Crippen LogP contribution in [0.15, 0.2) is 41.9 Å². The van der Waals surface area contributed by atoms with E-state index >= 15 is 0 Å². The van der Waals surface area contributed by atoms with Gasteiger partial charge in [0.25, 0.3) is 5.91 Å². The molecule has 3 aliphatic carbocycles. The van der Waals surface area contributed by atoms with Gasteiger partial charge in [-0.15, -0.1) is 6.58 Å². The van der Waals surface area contributed by atoms with Crippen LogP contribution in [-0.2, 0) is 40.5 Å². The highest BCUT2D eigenvalue weighted by Gasteiger charge is 2.62. The second-order valence-electron chi connectivity index (χ2n) is 14.9. The number of aliphatic imine (C=N–C) groups is 1. The zero-order valence-corrected chi connectivity index (χ0v) is 28.8. The SMILES string of the molecule is C=CC1CC1(NC(=O)[C@@H]1C[C@@H](NC(=O)OC2=NCc3ccccc32)CN1C(=O)[C@@H](NC(=O)CC1CC1)C(C)(C)C)C(=O)NS(=O)(=O)C1CC1. The molecule has 0 aromatic heterocycles. The molecule has 2 aliphatic heterocycles. The van der Waals surface area contributed by atoms with E-state index in [0.717, 1.165) is 18.4 Å². The van der Waals surface area contributed by atoms with E-state index in [1.807, 2.05) is 39.0 Å². The minimum Gasteiger partial charge on any atom is -0.391 e. The number of likely N-dealkylation sites (tertiary alicyclic amines) is 1. The molecule has 1 saturated heterocycles. The van der Waals surface area contributed by atoms with Crippen LogP contribution in [0, 0.1) is 17.3 Å². The smallest absolute Gasteiger partial charge is 0.391 e. The summed E-state index contributed by atoms with van der Waals surface area (Å²) in [5.74, 6) is -2.40. The second-order valence-corrected chi connectivity index (χ2v) is 16.9. The van der Waals surface area contributed by atoms with Crippen LogP contribution >= 0.6 is 0 Å². The van der Waals surface area contributed by atoms with Gasteiger partial charge in [-0.25, -0.2) is 18.2 Å². The van der Waals surface area contributed by atoms with Gasteiger partial charge in [0.15, 0.2) is 0 Å². The number of nitrogens with zero attached hydrogens (tertiary/aromatic N) is 2. The summed E-state index contributed by atoms with van der Waals surface area (Å²) in [4.78, 5) is 73.3. The summed E-state index contributed by atoms with van der Waals surface area (Å²) in [6.45, 7) is 9.46. The Morgan fingerprint density at radius 1 is 1.12 bits per heavy atom. The van der Waals surface area contributed by atoms with Crippen LogP contribution in [0.25, 0.3) is 0 Å². The maximum Gasteiger partial charge on any atom is 0.414 e. The van der Waals surface area contributed by atoms with E-state index in [0.29, 0.717) is 37.3 Å². The standard InChI is InChI=1S/C34H44N6O8S/c1-5-21-16-34(21,31(44)39-49(46,47)23-12-13-23)38-28(42)25-15-22(36-32(45)48-29-24-9-7-6-8-20(24)17-35-29)18-40(25)30(43)27(33(2,3)4)37-26(41)14-19-10-11-19/h5-9,19,21-23,25,27H,1,10-18H2,2-4H3,(H,36,45)(H,37,41)(H,38,42)(H,39,44)/t21?,22-,25+,27-,34?/m1/s1. The van der Waals surface area contributed by atoms with Crippen LogP contribution in [-0.4, -0.2) is 84.4 Å². The number of hydrogen-bond donors (Lipinski definition) is 4. The van der Waals surface area contributed by atoms with Gasteiger partial charge in [0.2, 0.25) is 33.6 Å². The van der Waals surface area contributed by atoms with Crippen molar-refractivity contribution in [1.82, 2.24) is 25.6 Å². The molecular weight excluding hydrogens is 652 g/mol. The molecule has 6 rings (SSSR count). The van der Waals surface area contributed by atoms with E-state index in [1.54, 1.807) is 6.07 Å². The molecule has 1 aromatic rings. The van der Waals surface area contributed by atoms with Gasteiger partial charge in [-0.1, -0.05) is 45.0 Å². The molecule has 2 heterocycles. The molecule has 4 fully saturated rings. The molecule has 5 amide bonds. The first-order valence-electron chi connectivity index (χ1n) is 16.8. The van der Waals surface area contributed by atoms with Gasteiger partial charge in [-0.3, -0.25) is 23.9 Å². The van der Waals surface area contributed by atoms with Crippen LogP contribution in [0.4, 0.5) is 4.79 Å². The number of sulfonamides is 1. The molecule has 0 radical (unpaired) electrons. The van der Waals surface area contributed by atoms with Gasteiger partial charge in [0, 0.05) is 24.4 Å². The summed E-state index contributed by atoms with van der Waals surface area (Å²) in [5, 5.41) is 7.73. The molecule has 0 spiro atoms. The molecule has 14 nitrogen and oxygen atoms in total. The lowest BCUT2D eigenvalue weighted by Gasteiger charge is -2.35. The first-order valence-corrected chi connectivity index (χ1v) is 18.4. The van der Waals surface area contributed by atoms with Crippen LogP contribution in [0.2, 0.25) is 0 Å². The molecule has 3 saturated carbocycles. The average molecular weight is 697 g/mol. The third-order valence-corrected chi connectivity index (χ3v) is 11.7. The normalized spacial score (nSPS) is 26.5. The van der Waals surface area contributed by atoms with Gasteiger partial charge >= 0.3 is 6.09 Å². The van der Waals surface area contributed by atoms with E-state index in [9.17, 15) is 32.4 Å². The van der Waals surface area contributed by atoms with E-state index in [-0.39, 0.29) is 31.2 Å². The first kappa shape index (κ1) is 34.6. The van der Waals surface area contributed by atoms with Gasteiger partial charge in [-0.2, -0.15) is 0 Å². The Bertz CT molecular complexity index is 1710. The minimum atomic E-state index is -3.90. The third-order valence-electron chi connectivity index (χ3n) is 9.88.